The van der Waals surface area contributed by atoms with Crippen molar-refractivity contribution in [1.82, 2.24) is 0 Å². The van der Waals surface area contributed by atoms with E-state index in [-0.39, 0.29) is 37.1 Å². The maximum atomic E-state index is 13.3. The summed E-state index contributed by atoms with van der Waals surface area (Å²) in [6.45, 7) is 34.8. The largest absolute Gasteiger partial charge is 0.465 e. The van der Waals surface area contributed by atoms with Crippen molar-refractivity contribution in [2.24, 2.45) is 69.0 Å². The number of rotatable bonds is 21. The Bertz CT molecular complexity index is 3150. The number of unbranched alkanes of at least 4 members (excludes halogenated alkanes) is 1. The van der Waals surface area contributed by atoms with Crippen LogP contribution in [-0.2, 0) is 85.6 Å². The van der Waals surface area contributed by atoms with Gasteiger partial charge in [0.25, 0.3) is 5.60 Å². The van der Waals surface area contributed by atoms with Crippen LogP contribution in [0.15, 0.2) is 0 Å². The monoisotopic (exact) mass is 1640 g/mol. The first kappa shape index (κ1) is 97.0. The SMILES string of the molecule is CC1C2CC(CC(C)(O)C(F)(F)F)C(C2)C1C.CCC(C)(C(=O)OC1C(=O)OC2C3OC(C)(C)OC3OC12)C(F)(F)F.CCC(C)(C)C(=O)OC1C(=O)OC2C3OC(C)(C)OC3OC12.CCC(C)(C)C(=O)OC1CC(C(C)(O)C(F)(F)F)CC(C(O)(C(F)(F)F)C(F)(F)F)C1.CCCCC(CC)COC(=O)C(C)(C)CC. The first-order valence-corrected chi connectivity index (χ1v) is 37.9. The van der Waals surface area contributed by atoms with E-state index >= 15 is 0 Å². The highest BCUT2D eigenvalue weighted by atomic mass is 19.4. The Hall–Kier alpha value is -4.59. The number of hydrogen-bond donors (Lipinski definition) is 3. The summed E-state index contributed by atoms with van der Waals surface area (Å²) in [6, 6.07) is 0. The predicted molar refractivity (Wildman–Crippen MR) is 362 cm³/mol. The number of halogens is 15. The molecule has 0 aromatic heterocycles. The molecule has 3 saturated carbocycles. The van der Waals surface area contributed by atoms with Crippen molar-refractivity contribution in [2.45, 2.75) is 362 Å². The van der Waals surface area contributed by atoms with E-state index in [2.05, 4.69) is 27.7 Å². The smallest absolute Gasteiger partial charge is 0.426 e. The van der Waals surface area contributed by atoms with Crippen LogP contribution in [0.25, 0.3) is 0 Å². The topological polar surface area (TPSA) is 274 Å². The molecule has 22 unspecified atom stereocenters. The van der Waals surface area contributed by atoms with Gasteiger partial charge in [-0.1, -0.05) is 74.7 Å². The minimum Gasteiger partial charge on any atom is -0.465 e. The summed E-state index contributed by atoms with van der Waals surface area (Å²) in [5.74, 6) is -8.75. The first-order chi connectivity index (χ1) is 50.2. The van der Waals surface area contributed by atoms with E-state index in [1.807, 2.05) is 27.7 Å². The molecule has 0 aromatic rings. The van der Waals surface area contributed by atoms with Crippen LogP contribution in [-0.4, -0.2) is 185 Å². The molecule has 3 aliphatic carbocycles. The van der Waals surface area contributed by atoms with Crippen LogP contribution in [0.4, 0.5) is 65.9 Å². The van der Waals surface area contributed by atoms with Gasteiger partial charge in [0.2, 0.25) is 12.2 Å². The van der Waals surface area contributed by atoms with Crippen LogP contribution in [0.2, 0.25) is 0 Å². The lowest BCUT2D eigenvalue weighted by molar-refractivity contribution is -0.391. The summed E-state index contributed by atoms with van der Waals surface area (Å²) >= 11 is 0. The van der Waals surface area contributed by atoms with Crippen molar-refractivity contribution >= 4 is 35.8 Å². The number of fused-ring (bicyclic) bond motifs is 8. The highest BCUT2D eigenvalue weighted by molar-refractivity contribution is 5.85. The van der Waals surface area contributed by atoms with Crippen LogP contribution in [0.3, 0.4) is 0 Å². The molecular weight excluding hydrogens is 1520 g/mol. The zero-order chi connectivity index (χ0) is 85.5. The van der Waals surface area contributed by atoms with Crippen molar-refractivity contribution in [2.75, 3.05) is 6.61 Å². The van der Waals surface area contributed by atoms with Gasteiger partial charge in [-0.2, -0.15) is 65.9 Å². The van der Waals surface area contributed by atoms with Gasteiger partial charge in [-0.25, -0.2) is 9.59 Å². The zero-order valence-electron chi connectivity index (χ0n) is 66.9. The average Bonchev–Trinajstić information content (AvgIpc) is 1.66. The third kappa shape index (κ3) is 21.6. The Kier molecular flexibility index (Phi) is 30.5. The Morgan fingerprint density at radius 3 is 1.28 bits per heavy atom. The summed E-state index contributed by atoms with van der Waals surface area (Å²) in [5, 5.41) is 29.2. The standard InChI is InChI=1S/C18H25F9O4.C15H19F3O7.C15H22O7.C14H28O2.C13H21F3O/c1-5-13(2,3)12(28)31-11-7-9(14(4,29)16(19,20)21)6-10(8-11)15(30,17(22,23)24)18(25,26)27;1-5-14(4,15(16,17)18)12(20)23-8-6-7(21-10(8)19)9-11(22-6)25-13(2,3)24-9;1-6-14(2,3)13(17)20-9-7-8(18-11(9)16)10-12(19-7)22-15(4,5)21-10;1-6-9-10-12(7-2)11-16-13(15)14(4,5)8-3;1-7-8(2)11-5-9(7)4-10(11)6-12(3,17)13(14,15)16/h9-11,29-30H,5-8H2,1-4H3;6-9,11H,5H2,1-4H3;7-10,12H,6H2,1-5H3;12H,6-11H2,1-5H3;7-11,17H,4-6H2,1-3H3. The summed E-state index contributed by atoms with van der Waals surface area (Å²) in [5.41, 5.74) is -16.5. The van der Waals surface area contributed by atoms with Gasteiger partial charge in [-0.05, 0) is 196 Å². The first-order valence-electron chi connectivity index (χ1n) is 37.9. The van der Waals surface area contributed by atoms with Crippen molar-refractivity contribution in [1.29, 1.82) is 0 Å². The molecular formula is C75H115F15O21. The molecule has 0 aromatic carbocycles. The van der Waals surface area contributed by atoms with E-state index < -0.39 is 210 Å². The molecule has 9 aliphatic rings. The highest BCUT2D eigenvalue weighted by Gasteiger charge is 2.76. The summed E-state index contributed by atoms with van der Waals surface area (Å²) < 4.78 is 262. The quantitative estimate of drug-likeness (QED) is 0.0547. The van der Waals surface area contributed by atoms with E-state index in [1.165, 1.54) is 40.0 Å². The normalized spacial score (nSPS) is 32.7. The van der Waals surface area contributed by atoms with Crippen LogP contribution in [0.1, 0.15) is 235 Å². The molecule has 0 radical (unpaired) electrons. The van der Waals surface area contributed by atoms with Crippen LogP contribution >= 0.6 is 0 Å². The average molecular weight is 1640 g/mol. The molecule has 21 nitrogen and oxygen atoms in total. The molecule has 2 bridgehead atoms. The van der Waals surface area contributed by atoms with Gasteiger partial charge in [0.1, 0.15) is 18.3 Å². The Balaban J connectivity index is 0.000000253. The van der Waals surface area contributed by atoms with Gasteiger partial charge in [0.15, 0.2) is 65.2 Å². The maximum Gasteiger partial charge on any atom is 0.426 e. The lowest BCUT2D eigenvalue weighted by atomic mass is 9.66. The molecule has 0 amide bonds. The number of carbonyl (C=O) groups is 6. The van der Waals surface area contributed by atoms with Gasteiger partial charge >= 0.3 is 66.7 Å². The molecule has 36 heteroatoms. The third-order valence-corrected chi connectivity index (χ3v) is 24.2. The maximum absolute atomic E-state index is 13.3. The molecule has 9 fully saturated rings. The third-order valence-electron chi connectivity index (χ3n) is 24.2. The second kappa shape index (κ2) is 34.9. The minimum absolute atomic E-state index is 0.0443. The van der Waals surface area contributed by atoms with Crippen molar-refractivity contribution in [3.63, 3.8) is 0 Å². The molecule has 6 saturated heterocycles. The van der Waals surface area contributed by atoms with E-state index in [0.717, 1.165) is 39.5 Å². The molecule has 9 rings (SSSR count). The van der Waals surface area contributed by atoms with Gasteiger partial charge in [-0.3, -0.25) is 19.2 Å². The van der Waals surface area contributed by atoms with Gasteiger partial charge in [-0.15, -0.1) is 0 Å². The summed E-state index contributed by atoms with van der Waals surface area (Å²) in [6.07, 6.45) is -33.6. The highest BCUT2D eigenvalue weighted by Crippen LogP contribution is 2.59. The number of alkyl halides is 15. The number of aliphatic hydroxyl groups is 3. The van der Waals surface area contributed by atoms with Gasteiger partial charge in [0.05, 0.1) is 22.9 Å². The molecule has 3 N–H and O–H groups in total. The molecule has 6 heterocycles. The number of ether oxygens (including phenoxy) is 12. The molecule has 22 atom stereocenters. The van der Waals surface area contributed by atoms with E-state index in [0.29, 0.717) is 42.6 Å². The number of carbonyl (C=O) groups excluding carboxylic acids is 6. The van der Waals surface area contributed by atoms with E-state index in [1.54, 1.807) is 48.5 Å². The van der Waals surface area contributed by atoms with Crippen molar-refractivity contribution in [3.05, 3.63) is 0 Å². The fourth-order valence-electron chi connectivity index (χ4n) is 14.7. The molecule has 646 valence electrons. The molecule has 0 spiro atoms. The Morgan fingerprint density at radius 2 is 0.910 bits per heavy atom. The van der Waals surface area contributed by atoms with Crippen LogP contribution in [0, 0.1) is 69.0 Å². The number of esters is 6. The second-order valence-corrected chi connectivity index (χ2v) is 34.4. The molecule has 6 aliphatic heterocycles. The van der Waals surface area contributed by atoms with E-state index in [9.17, 15) is 110 Å². The van der Waals surface area contributed by atoms with Gasteiger partial charge in [0, 0.05) is 11.8 Å². The van der Waals surface area contributed by atoms with Crippen LogP contribution < -0.4 is 0 Å². The Labute approximate surface area is 638 Å². The molecule has 111 heavy (non-hydrogen) atoms. The van der Waals surface area contributed by atoms with E-state index in [4.69, 9.17) is 56.8 Å². The Morgan fingerprint density at radius 1 is 0.486 bits per heavy atom. The van der Waals surface area contributed by atoms with Gasteiger partial charge < -0.3 is 72.2 Å². The lowest BCUT2D eigenvalue weighted by Gasteiger charge is -2.47. The minimum atomic E-state index is -6.28. The van der Waals surface area contributed by atoms with Crippen LogP contribution in [0.5, 0.6) is 0 Å². The summed E-state index contributed by atoms with van der Waals surface area (Å²) in [7, 11) is 0. The lowest BCUT2D eigenvalue weighted by Crippen LogP contribution is -2.64. The fraction of sp³-hybridized carbons (Fsp3) is 0.920. The predicted octanol–water partition coefficient (Wildman–Crippen LogP) is 15.5. The van der Waals surface area contributed by atoms with Crippen molar-refractivity contribution in [3.8, 4) is 0 Å². The van der Waals surface area contributed by atoms with Crippen molar-refractivity contribution < 1.29 is 167 Å². The summed E-state index contributed by atoms with van der Waals surface area (Å²) in [4.78, 5) is 72.3. The zero-order valence-corrected chi connectivity index (χ0v) is 66.9. The fourth-order valence-corrected chi connectivity index (χ4v) is 14.7. The number of hydrogen-bond acceptors (Lipinski definition) is 21. The second-order valence-electron chi connectivity index (χ2n) is 34.4.